The number of amides is 2. The standard InChI is InChI=1S/C32H56N6O2/c1-24-22-33-30(34-23-24)38-20-14-27(15-21-38)36(9)29(40)32(6,7)16-10-25(2)37-18-12-26(13-19-37)11-17-35(8)28(39)31(3,4)5/h22-23,25-27H,10-21H2,1-9H3. The van der Waals surface area contributed by atoms with E-state index in [1.165, 1.54) is 12.8 Å². The van der Waals surface area contributed by atoms with E-state index in [-0.39, 0.29) is 28.7 Å². The molecule has 3 rings (SSSR count). The highest BCUT2D eigenvalue weighted by Gasteiger charge is 2.36. The second-order valence-corrected chi connectivity index (χ2v) is 14.2. The Morgan fingerprint density at radius 1 is 0.950 bits per heavy atom. The van der Waals surface area contributed by atoms with Crippen molar-refractivity contribution in [2.75, 3.05) is 51.7 Å². The second kappa shape index (κ2) is 13.6. The van der Waals surface area contributed by atoms with Gasteiger partial charge in [0.05, 0.1) is 0 Å². The molecule has 2 amide bonds. The first kappa shape index (κ1) is 32.3. The zero-order chi connectivity index (χ0) is 29.7. The fourth-order valence-electron chi connectivity index (χ4n) is 6.24. The highest BCUT2D eigenvalue weighted by atomic mass is 16.2. The maximum atomic E-state index is 13.6. The summed E-state index contributed by atoms with van der Waals surface area (Å²) in [4.78, 5) is 43.8. The molecule has 8 nitrogen and oxygen atoms in total. The lowest BCUT2D eigenvalue weighted by Gasteiger charge is -2.41. The largest absolute Gasteiger partial charge is 0.345 e. The van der Waals surface area contributed by atoms with E-state index in [1.54, 1.807) is 0 Å². The van der Waals surface area contributed by atoms with Crippen LogP contribution in [-0.4, -0.2) is 95.4 Å². The molecule has 0 bridgehead atoms. The number of nitrogens with zero attached hydrogens (tertiary/aromatic N) is 6. The summed E-state index contributed by atoms with van der Waals surface area (Å²) in [7, 11) is 3.93. The third kappa shape index (κ3) is 8.64. The van der Waals surface area contributed by atoms with Crippen LogP contribution in [0.2, 0.25) is 0 Å². The summed E-state index contributed by atoms with van der Waals surface area (Å²) in [6.45, 7) is 19.4. The molecule has 0 spiro atoms. The number of carbonyl (C=O) groups excluding carboxylic acids is 2. The van der Waals surface area contributed by atoms with E-state index in [9.17, 15) is 9.59 Å². The van der Waals surface area contributed by atoms with Crippen LogP contribution in [0.4, 0.5) is 5.95 Å². The van der Waals surface area contributed by atoms with Crippen LogP contribution in [-0.2, 0) is 9.59 Å². The van der Waals surface area contributed by atoms with Gasteiger partial charge in [0.2, 0.25) is 17.8 Å². The highest BCUT2D eigenvalue weighted by molar-refractivity contribution is 5.82. The van der Waals surface area contributed by atoms with Gasteiger partial charge < -0.3 is 19.6 Å². The number of piperidine rings is 2. The second-order valence-electron chi connectivity index (χ2n) is 14.2. The maximum absolute atomic E-state index is 13.6. The van der Waals surface area contributed by atoms with Gasteiger partial charge >= 0.3 is 0 Å². The Hall–Kier alpha value is -2.22. The van der Waals surface area contributed by atoms with Crippen LogP contribution in [0.25, 0.3) is 0 Å². The number of likely N-dealkylation sites (tertiary alicyclic amines) is 1. The van der Waals surface area contributed by atoms with Gasteiger partial charge in [-0.2, -0.15) is 0 Å². The van der Waals surface area contributed by atoms with Gasteiger partial charge in [0.1, 0.15) is 0 Å². The van der Waals surface area contributed by atoms with Gasteiger partial charge in [0, 0.05) is 69.0 Å². The molecule has 8 heteroatoms. The van der Waals surface area contributed by atoms with E-state index in [2.05, 4.69) is 40.5 Å². The van der Waals surface area contributed by atoms with Gasteiger partial charge in [0.25, 0.3) is 0 Å². The van der Waals surface area contributed by atoms with E-state index in [4.69, 9.17) is 0 Å². The van der Waals surface area contributed by atoms with Crippen molar-refractivity contribution in [1.29, 1.82) is 0 Å². The zero-order valence-corrected chi connectivity index (χ0v) is 26.9. The molecule has 1 aromatic rings. The van der Waals surface area contributed by atoms with Crippen molar-refractivity contribution in [3.8, 4) is 0 Å². The van der Waals surface area contributed by atoms with Crippen LogP contribution >= 0.6 is 0 Å². The van der Waals surface area contributed by atoms with Crippen molar-refractivity contribution in [2.24, 2.45) is 16.7 Å². The molecule has 2 fully saturated rings. The summed E-state index contributed by atoms with van der Waals surface area (Å²) in [5, 5.41) is 0. The molecule has 40 heavy (non-hydrogen) atoms. The maximum Gasteiger partial charge on any atom is 0.228 e. The summed E-state index contributed by atoms with van der Waals surface area (Å²) in [6.07, 6.45) is 11.0. The number of aryl methyl sites for hydroxylation is 1. The average molecular weight is 557 g/mol. The van der Waals surface area contributed by atoms with Crippen molar-refractivity contribution in [1.82, 2.24) is 24.7 Å². The Kier molecular flexibility index (Phi) is 11.0. The molecule has 1 unspecified atom stereocenters. The number of carbonyl (C=O) groups is 2. The molecule has 3 heterocycles. The van der Waals surface area contributed by atoms with Gasteiger partial charge in [0.15, 0.2) is 0 Å². The molecule has 0 radical (unpaired) electrons. The Morgan fingerprint density at radius 3 is 2.08 bits per heavy atom. The topological polar surface area (TPSA) is 72.9 Å². The van der Waals surface area contributed by atoms with E-state index < -0.39 is 0 Å². The monoisotopic (exact) mass is 556 g/mol. The molecular weight excluding hydrogens is 500 g/mol. The number of rotatable bonds is 10. The van der Waals surface area contributed by atoms with Crippen LogP contribution in [0.3, 0.4) is 0 Å². The Labute approximate surface area is 243 Å². The van der Waals surface area contributed by atoms with Crippen molar-refractivity contribution in [3.05, 3.63) is 18.0 Å². The number of anilines is 1. The predicted molar refractivity (Wildman–Crippen MR) is 163 cm³/mol. The van der Waals surface area contributed by atoms with Crippen LogP contribution in [0, 0.1) is 23.7 Å². The van der Waals surface area contributed by atoms with Crippen LogP contribution in [0.15, 0.2) is 12.4 Å². The van der Waals surface area contributed by atoms with E-state index in [0.29, 0.717) is 12.0 Å². The fourth-order valence-corrected chi connectivity index (χ4v) is 6.24. The van der Waals surface area contributed by atoms with Gasteiger partial charge in [-0.15, -0.1) is 0 Å². The molecule has 0 N–H and O–H groups in total. The van der Waals surface area contributed by atoms with Crippen LogP contribution in [0.1, 0.15) is 92.1 Å². The Balaban J connectivity index is 1.39. The number of hydrogen-bond acceptors (Lipinski definition) is 6. The molecule has 226 valence electrons. The minimum absolute atomic E-state index is 0.226. The van der Waals surface area contributed by atoms with Crippen molar-refractivity contribution >= 4 is 17.8 Å². The number of hydrogen-bond donors (Lipinski definition) is 0. The molecular formula is C32H56N6O2. The quantitative estimate of drug-likeness (QED) is 0.403. The molecule has 0 saturated carbocycles. The van der Waals surface area contributed by atoms with Gasteiger partial charge in [-0.05, 0) is 83.4 Å². The molecule has 0 aromatic carbocycles. The lowest BCUT2D eigenvalue weighted by atomic mass is 9.83. The number of aromatic nitrogens is 2. The molecule has 2 aliphatic rings. The minimum atomic E-state index is -0.372. The molecule has 1 atom stereocenters. The third-order valence-corrected chi connectivity index (χ3v) is 9.28. The summed E-state index contributed by atoms with van der Waals surface area (Å²) in [6, 6.07) is 0.740. The average Bonchev–Trinajstić information content (AvgIpc) is 2.93. The third-order valence-electron chi connectivity index (χ3n) is 9.28. The van der Waals surface area contributed by atoms with Gasteiger partial charge in [-0.25, -0.2) is 9.97 Å². The lowest BCUT2D eigenvalue weighted by Crippen LogP contribution is -2.50. The van der Waals surface area contributed by atoms with Crippen molar-refractivity contribution in [3.63, 3.8) is 0 Å². The van der Waals surface area contributed by atoms with Gasteiger partial charge in [-0.1, -0.05) is 34.6 Å². The molecule has 0 aliphatic carbocycles. The summed E-state index contributed by atoms with van der Waals surface area (Å²) in [5.74, 6) is 1.97. The van der Waals surface area contributed by atoms with Gasteiger partial charge in [-0.3, -0.25) is 9.59 Å². The highest BCUT2D eigenvalue weighted by Crippen LogP contribution is 2.31. The predicted octanol–water partition coefficient (Wildman–Crippen LogP) is 5.01. The fraction of sp³-hybridized carbons (Fsp3) is 0.812. The first-order valence-electron chi connectivity index (χ1n) is 15.5. The van der Waals surface area contributed by atoms with E-state index in [1.807, 2.05) is 64.0 Å². The van der Waals surface area contributed by atoms with Crippen molar-refractivity contribution < 1.29 is 9.59 Å². The minimum Gasteiger partial charge on any atom is -0.345 e. The first-order valence-corrected chi connectivity index (χ1v) is 15.5. The zero-order valence-electron chi connectivity index (χ0n) is 26.9. The smallest absolute Gasteiger partial charge is 0.228 e. The van der Waals surface area contributed by atoms with E-state index >= 15 is 0 Å². The van der Waals surface area contributed by atoms with Crippen LogP contribution < -0.4 is 4.90 Å². The Morgan fingerprint density at radius 2 is 1.52 bits per heavy atom. The molecule has 1 aromatic heterocycles. The molecule has 2 saturated heterocycles. The SMILES string of the molecule is Cc1cnc(N2CCC(N(C)C(=O)C(C)(C)CCC(C)N3CCC(CCN(C)C(=O)C(C)(C)C)CC3)CC2)nc1. The Bertz CT molecular complexity index is 957. The summed E-state index contributed by atoms with van der Waals surface area (Å²) < 4.78 is 0. The van der Waals surface area contributed by atoms with Crippen molar-refractivity contribution in [2.45, 2.75) is 105 Å². The summed E-state index contributed by atoms with van der Waals surface area (Å²) in [5.41, 5.74) is 0.383. The summed E-state index contributed by atoms with van der Waals surface area (Å²) >= 11 is 0. The van der Waals surface area contributed by atoms with Crippen LogP contribution in [0.5, 0.6) is 0 Å². The first-order chi connectivity index (χ1) is 18.7. The lowest BCUT2D eigenvalue weighted by molar-refractivity contribution is -0.142. The normalized spacial score (nSPS) is 19.0. The molecule has 2 aliphatic heterocycles. The van der Waals surface area contributed by atoms with E-state index in [0.717, 1.165) is 76.3 Å².